The lowest BCUT2D eigenvalue weighted by Crippen LogP contribution is -2.12. The normalized spacial score (nSPS) is 10.4. The first kappa shape index (κ1) is 12.0. The molecule has 1 aromatic carbocycles. The minimum Gasteiger partial charge on any atom is -0.360 e. The molecule has 2 heterocycles. The van der Waals surface area contributed by atoms with Gasteiger partial charge in [-0.3, -0.25) is 4.79 Å². The molecule has 0 saturated heterocycles. The monoisotopic (exact) mass is 270 g/mol. The molecule has 8 nitrogen and oxygen atoms in total. The summed E-state index contributed by atoms with van der Waals surface area (Å²) in [5.74, 6) is 0.719. The number of aryl methyl sites for hydroxylation is 1. The van der Waals surface area contributed by atoms with Crippen LogP contribution in [0, 0.1) is 6.92 Å². The minimum atomic E-state index is -0.284. The van der Waals surface area contributed by atoms with Gasteiger partial charge in [0.15, 0.2) is 5.82 Å². The number of amides is 1. The molecule has 0 aliphatic rings. The second kappa shape index (κ2) is 4.92. The predicted octanol–water partition coefficient (Wildman–Crippen LogP) is 1.21. The van der Waals surface area contributed by atoms with Gasteiger partial charge < -0.3 is 9.84 Å². The molecule has 0 fully saturated rings. The summed E-state index contributed by atoms with van der Waals surface area (Å²) in [4.78, 5) is 12.1. The predicted molar refractivity (Wildman–Crippen MR) is 68.3 cm³/mol. The van der Waals surface area contributed by atoms with Crippen LogP contribution in [0.25, 0.3) is 5.69 Å². The summed E-state index contributed by atoms with van der Waals surface area (Å²) in [5, 5.41) is 17.2. The van der Waals surface area contributed by atoms with Crippen LogP contribution < -0.4 is 5.32 Å². The Morgan fingerprint density at radius 3 is 2.95 bits per heavy atom. The number of nitrogens with one attached hydrogen (secondary N) is 1. The molecule has 0 bridgehead atoms. The standard InChI is InChI=1S/C12H10N6O2/c1-8-5-11(15-20-8)14-12(19)9-3-2-4-10(6-9)18-7-13-16-17-18/h2-7H,1H3,(H,14,15,19). The second-order valence-corrected chi connectivity index (χ2v) is 4.08. The molecule has 1 N–H and O–H groups in total. The Hall–Kier alpha value is -3.03. The Kier molecular flexibility index (Phi) is 2.96. The average Bonchev–Trinajstić information content (AvgIpc) is 3.11. The van der Waals surface area contributed by atoms with Gasteiger partial charge in [-0.15, -0.1) is 5.10 Å². The smallest absolute Gasteiger partial charge is 0.256 e. The number of tetrazole rings is 1. The highest BCUT2D eigenvalue weighted by Crippen LogP contribution is 2.12. The molecule has 8 heteroatoms. The molecule has 0 saturated carbocycles. The Morgan fingerprint density at radius 1 is 1.35 bits per heavy atom. The SMILES string of the molecule is Cc1cc(NC(=O)c2cccc(-n3cnnn3)c2)no1. The van der Waals surface area contributed by atoms with Crippen LogP contribution in [-0.2, 0) is 0 Å². The van der Waals surface area contributed by atoms with Gasteiger partial charge in [0.25, 0.3) is 5.91 Å². The van der Waals surface area contributed by atoms with E-state index in [2.05, 4.69) is 26.0 Å². The van der Waals surface area contributed by atoms with Crippen molar-refractivity contribution in [1.29, 1.82) is 0 Å². The van der Waals surface area contributed by atoms with Crippen LogP contribution in [0.2, 0.25) is 0 Å². The number of benzene rings is 1. The fourth-order valence-electron chi connectivity index (χ4n) is 1.68. The van der Waals surface area contributed by atoms with Crippen LogP contribution in [0.4, 0.5) is 5.82 Å². The highest BCUT2D eigenvalue weighted by atomic mass is 16.5. The van der Waals surface area contributed by atoms with Crippen molar-refractivity contribution in [2.45, 2.75) is 6.92 Å². The van der Waals surface area contributed by atoms with E-state index in [-0.39, 0.29) is 5.91 Å². The fourth-order valence-corrected chi connectivity index (χ4v) is 1.68. The van der Waals surface area contributed by atoms with Gasteiger partial charge in [-0.1, -0.05) is 11.2 Å². The van der Waals surface area contributed by atoms with E-state index in [4.69, 9.17) is 4.52 Å². The molecular formula is C12H10N6O2. The lowest BCUT2D eigenvalue weighted by molar-refractivity contribution is 0.102. The van der Waals surface area contributed by atoms with Gasteiger partial charge in [0.05, 0.1) is 5.69 Å². The maximum absolute atomic E-state index is 12.1. The van der Waals surface area contributed by atoms with Crippen molar-refractivity contribution in [3.05, 3.63) is 48.0 Å². The van der Waals surface area contributed by atoms with E-state index >= 15 is 0 Å². The zero-order chi connectivity index (χ0) is 13.9. The molecule has 3 aromatic rings. The van der Waals surface area contributed by atoms with E-state index in [9.17, 15) is 4.79 Å². The molecule has 0 aliphatic carbocycles. The first-order valence-electron chi connectivity index (χ1n) is 5.80. The highest BCUT2D eigenvalue weighted by molar-refractivity contribution is 6.04. The number of carbonyl (C=O) groups excluding carboxylic acids is 1. The molecule has 3 rings (SSSR count). The van der Waals surface area contributed by atoms with Crippen molar-refractivity contribution in [1.82, 2.24) is 25.4 Å². The van der Waals surface area contributed by atoms with E-state index < -0.39 is 0 Å². The van der Waals surface area contributed by atoms with Crippen LogP contribution >= 0.6 is 0 Å². The first-order chi connectivity index (χ1) is 9.72. The lowest BCUT2D eigenvalue weighted by atomic mass is 10.2. The van der Waals surface area contributed by atoms with Crippen molar-refractivity contribution in [2.24, 2.45) is 0 Å². The summed E-state index contributed by atoms with van der Waals surface area (Å²) in [5.41, 5.74) is 1.16. The van der Waals surface area contributed by atoms with Gasteiger partial charge in [0.1, 0.15) is 12.1 Å². The quantitative estimate of drug-likeness (QED) is 0.768. The number of carbonyl (C=O) groups is 1. The van der Waals surface area contributed by atoms with Crippen LogP contribution in [0.15, 0.2) is 41.2 Å². The molecule has 0 radical (unpaired) electrons. The zero-order valence-electron chi connectivity index (χ0n) is 10.5. The second-order valence-electron chi connectivity index (χ2n) is 4.08. The fraction of sp³-hybridized carbons (Fsp3) is 0.0833. The van der Waals surface area contributed by atoms with E-state index in [1.54, 1.807) is 37.3 Å². The Balaban J connectivity index is 1.83. The highest BCUT2D eigenvalue weighted by Gasteiger charge is 2.10. The van der Waals surface area contributed by atoms with Gasteiger partial charge in [-0.2, -0.15) is 0 Å². The van der Waals surface area contributed by atoms with Crippen molar-refractivity contribution in [3.63, 3.8) is 0 Å². The molecule has 0 spiro atoms. The van der Waals surface area contributed by atoms with Gasteiger partial charge in [-0.25, -0.2) is 4.68 Å². The summed E-state index contributed by atoms with van der Waals surface area (Å²) in [6.45, 7) is 1.75. The maximum Gasteiger partial charge on any atom is 0.256 e. The number of rotatable bonds is 3. The van der Waals surface area contributed by atoms with Gasteiger partial charge in [-0.05, 0) is 35.5 Å². The van der Waals surface area contributed by atoms with Gasteiger partial charge in [0, 0.05) is 11.6 Å². The summed E-state index contributed by atoms with van der Waals surface area (Å²) in [6, 6.07) is 8.56. The summed E-state index contributed by atoms with van der Waals surface area (Å²) >= 11 is 0. The lowest BCUT2D eigenvalue weighted by Gasteiger charge is -2.04. The van der Waals surface area contributed by atoms with Crippen molar-refractivity contribution in [3.8, 4) is 5.69 Å². The Labute approximate surface area is 113 Å². The molecule has 100 valence electrons. The number of nitrogens with zero attached hydrogens (tertiary/aromatic N) is 5. The van der Waals surface area contributed by atoms with E-state index in [1.165, 1.54) is 11.0 Å². The topological polar surface area (TPSA) is 98.7 Å². The van der Waals surface area contributed by atoms with E-state index in [1.807, 2.05) is 0 Å². The molecule has 2 aromatic heterocycles. The zero-order valence-corrected chi connectivity index (χ0v) is 10.5. The molecule has 20 heavy (non-hydrogen) atoms. The van der Waals surface area contributed by atoms with Crippen LogP contribution in [0.5, 0.6) is 0 Å². The van der Waals surface area contributed by atoms with Crippen molar-refractivity contribution in [2.75, 3.05) is 5.32 Å². The Morgan fingerprint density at radius 2 is 2.25 bits per heavy atom. The average molecular weight is 270 g/mol. The number of anilines is 1. The minimum absolute atomic E-state index is 0.284. The molecular weight excluding hydrogens is 260 g/mol. The Bertz CT molecular complexity index is 734. The van der Waals surface area contributed by atoms with E-state index in [0.29, 0.717) is 22.8 Å². The third-order valence-corrected chi connectivity index (χ3v) is 2.59. The van der Waals surface area contributed by atoms with E-state index in [0.717, 1.165) is 0 Å². The summed E-state index contributed by atoms with van der Waals surface area (Å²) in [7, 11) is 0. The van der Waals surface area contributed by atoms with Crippen LogP contribution in [0.1, 0.15) is 16.1 Å². The third kappa shape index (κ3) is 2.39. The summed E-state index contributed by atoms with van der Waals surface area (Å²) in [6.07, 6.45) is 1.46. The maximum atomic E-state index is 12.1. The van der Waals surface area contributed by atoms with Crippen LogP contribution in [-0.4, -0.2) is 31.3 Å². The summed E-state index contributed by atoms with van der Waals surface area (Å²) < 4.78 is 6.36. The van der Waals surface area contributed by atoms with Crippen LogP contribution in [0.3, 0.4) is 0 Å². The number of hydrogen-bond acceptors (Lipinski definition) is 6. The first-order valence-corrected chi connectivity index (χ1v) is 5.80. The molecule has 0 unspecified atom stereocenters. The number of aromatic nitrogens is 5. The molecule has 0 atom stereocenters. The molecule has 1 amide bonds. The molecule has 0 aliphatic heterocycles. The largest absolute Gasteiger partial charge is 0.360 e. The van der Waals surface area contributed by atoms with Gasteiger partial charge >= 0.3 is 0 Å². The third-order valence-electron chi connectivity index (χ3n) is 2.59. The van der Waals surface area contributed by atoms with Crippen molar-refractivity contribution >= 4 is 11.7 Å². The van der Waals surface area contributed by atoms with Crippen molar-refractivity contribution < 1.29 is 9.32 Å². The number of hydrogen-bond donors (Lipinski definition) is 1. The van der Waals surface area contributed by atoms with Gasteiger partial charge in [0.2, 0.25) is 0 Å².